The van der Waals surface area contributed by atoms with Gasteiger partial charge in [0.1, 0.15) is 5.01 Å². The number of hydrogen-bond donors (Lipinski definition) is 1. The van der Waals surface area contributed by atoms with Gasteiger partial charge in [0.15, 0.2) is 0 Å². The SMILES string of the molecule is CCc1nc(C2CCCc3ccccc32)sc1CNC. The van der Waals surface area contributed by atoms with Crippen LogP contribution in [-0.2, 0) is 19.4 Å². The second kappa shape index (κ2) is 6.06. The van der Waals surface area contributed by atoms with Gasteiger partial charge in [-0.2, -0.15) is 0 Å². The van der Waals surface area contributed by atoms with Crippen LogP contribution >= 0.6 is 11.3 Å². The summed E-state index contributed by atoms with van der Waals surface area (Å²) < 4.78 is 0. The number of aromatic nitrogens is 1. The fourth-order valence-corrected chi connectivity index (χ4v) is 4.46. The van der Waals surface area contributed by atoms with Gasteiger partial charge in [0.05, 0.1) is 5.69 Å². The van der Waals surface area contributed by atoms with Crippen LogP contribution in [0.5, 0.6) is 0 Å². The van der Waals surface area contributed by atoms with Crippen molar-refractivity contribution in [1.82, 2.24) is 10.3 Å². The van der Waals surface area contributed by atoms with E-state index in [1.54, 1.807) is 0 Å². The van der Waals surface area contributed by atoms with Crippen LogP contribution in [0.3, 0.4) is 0 Å². The summed E-state index contributed by atoms with van der Waals surface area (Å²) in [4.78, 5) is 6.36. The van der Waals surface area contributed by atoms with E-state index in [0.29, 0.717) is 5.92 Å². The summed E-state index contributed by atoms with van der Waals surface area (Å²) in [5, 5.41) is 4.58. The standard InChI is InChI=1S/C17H22N2S/c1-3-15-16(11-18-2)20-17(19-15)14-10-6-8-12-7-4-5-9-13(12)14/h4-5,7,9,14,18H,3,6,8,10-11H2,1-2H3. The highest BCUT2D eigenvalue weighted by molar-refractivity contribution is 7.11. The van der Waals surface area contributed by atoms with Crippen LogP contribution < -0.4 is 5.32 Å². The summed E-state index contributed by atoms with van der Waals surface area (Å²) in [7, 11) is 2.01. The second-order valence-electron chi connectivity index (χ2n) is 5.45. The monoisotopic (exact) mass is 286 g/mol. The molecule has 1 heterocycles. The van der Waals surface area contributed by atoms with Gasteiger partial charge in [-0.1, -0.05) is 31.2 Å². The Hall–Kier alpha value is -1.19. The Bertz CT molecular complexity index is 588. The largest absolute Gasteiger partial charge is 0.315 e. The molecule has 0 amide bonds. The van der Waals surface area contributed by atoms with Crippen molar-refractivity contribution >= 4 is 11.3 Å². The quantitative estimate of drug-likeness (QED) is 0.922. The van der Waals surface area contributed by atoms with Crippen molar-refractivity contribution in [3.05, 3.63) is 51.0 Å². The predicted octanol–water partition coefficient (Wildman–Crippen LogP) is 3.89. The third kappa shape index (κ3) is 2.52. The van der Waals surface area contributed by atoms with Gasteiger partial charge < -0.3 is 5.32 Å². The molecule has 0 saturated carbocycles. The first-order valence-electron chi connectivity index (χ1n) is 7.54. The molecular formula is C17H22N2S. The van der Waals surface area contributed by atoms with Crippen LogP contribution in [0.25, 0.3) is 0 Å². The van der Waals surface area contributed by atoms with Gasteiger partial charge in [-0.15, -0.1) is 11.3 Å². The summed E-state index contributed by atoms with van der Waals surface area (Å²) in [6.07, 6.45) is 4.78. The molecule has 1 N–H and O–H groups in total. The van der Waals surface area contributed by atoms with Gasteiger partial charge >= 0.3 is 0 Å². The molecule has 1 aromatic heterocycles. The first-order chi connectivity index (χ1) is 9.83. The van der Waals surface area contributed by atoms with E-state index >= 15 is 0 Å². The lowest BCUT2D eigenvalue weighted by Gasteiger charge is -2.23. The molecule has 0 spiro atoms. The zero-order valence-corrected chi connectivity index (χ0v) is 13.1. The summed E-state index contributed by atoms with van der Waals surface area (Å²) in [6, 6.07) is 8.90. The van der Waals surface area contributed by atoms with E-state index in [2.05, 4.69) is 36.5 Å². The van der Waals surface area contributed by atoms with Crippen molar-refractivity contribution in [1.29, 1.82) is 0 Å². The van der Waals surface area contributed by atoms with E-state index in [-0.39, 0.29) is 0 Å². The van der Waals surface area contributed by atoms with Gasteiger partial charge in [-0.05, 0) is 43.9 Å². The third-order valence-corrected chi connectivity index (χ3v) is 5.35. The number of fused-ring (bicyclic) bond motifs is 1. The fraction of sp³-hybridized carbons (Fsp3) is 0.471. The number of thiazole rings is 1. The minimum atomic E-state index is 0.515. The zero-order chi connectivity index (χ0) is 13.9. The maximum absolute atomic E-state index is 4.95. The average Bonchev–Trinajstić information content (AvgIpc) is 2.90. The molecule has 1 aliphatic rings. The van der Waals surface area contributed by atoms with Gasteiger partial charge in [0, 0.05) is 17.3 Å². The number of nitrogens with one attached hydrogen (secondary N) is 1. The van der Waals surface area contributed by atoms with E-state index in [1.807, 2.05) is 18.4 Å². The smallest absolute Gasteiger partial charge is 0.101 e. The highest BCUT2D eigenvalue weighted by atomic mass is 32.1. The molecule has 2 nitrogen and oxygen atoms in total. The lowest BCUT2D eigenvalue weighted by molar-refractivity contribution is 0.612. The van der Waals surface area contributed by atoms with Gasteiger partial charge in [0.2, 0.25) is 0 Å². The van der Waals surface area contributed by atoms with Crippen LogP contribution in [0.4, 0.5) is 0 Å². The van der Waals surface area contributed by atoms with Crippen LogP contribution in [0.1, 0.15) is 52.4 Å². The molecule has 1 aromatic carbocycles. The van der Waals surface area contributed by atoms with Crippen molar-refractivity contribution in [2.75, 3.05) is 7.05 Å². The maximum atomic E-state index is 4.95. The van der Waals surface area contributed by atoms with E-state index in [1.165, 1.54) is 46.0 Å². The number of aryl methyl sites for hydroxylation is 2. The van der Waals surface area contributed by atoms with Crippen molar-refractivity contribution in [3.8, 4) is 0 Å². The lowest BCUT2D eigenvalue weighted by atomic mass is 9.83. The zero-order valence-electron chi connectivity index (χ0n) is 12.3. The Morgan fingerprint density at radius 2 is 2.20 bits per heavy atom. The number of rotatable bonds is 4. The van der Waals surface area contributed by atoms with Gasteiger partial charge in [-0.25, -0.2) is 4.98 Å². The van der Waals surface area contributed by atoms with Crippen molar-refractivity contribution < 1.29 is 0 Å². The van der Waals surface area contributed by atoms with Crippen molar-refractivity contribution in [2.24, 2.45) is 0 Å². The summed E-state index contributed by atoms with van der Waals surface area (Å²) in [6.45, 7) is 3.14. The summed E-state index contributed by atoms with van der Waals surface area (Å²) in [5.41, 5.74) is 4.31. The Kier molecular flexibility index (Phi) is 4.18. The lowest BCUT2D eigenvalue weighted by Crippen LogP contribution is -2.10. The van der Waals surface area contributed by atoms with Gasteiger partial charge in [-0.3, -0.25) is 0 Å². The molecule has 0 bridgehead atoms. The van der Waals surface area contributed by atoms with Crippen molar-refractivity contribution in [3.63, 3.8) is 0 Å². The first kappa shape index (κ1) is 13.8. The second-order valence-corrected chi connectivity index (χ2v) is 6.56. The molecule has 1 atom stereocenters. The third-order valence-electron chi connectivity index (χ3n) is 4.13. The fourth-order valence-electron chi connectivity index (χ4n) is 3.14. The van der Waals surface area contributed by atoms with Crippen LogP contribution in [0.15, 0.2) is 24.3 Å². The molecule has 0 radical (unpaired) electrons. The molecule has 1 aliphatic carbocycles. The molecule has 3 rings (SSSR count). The van der Waals surface area contributed by atoms with E-state index in [0.717, 1.165) is 13.0 Å². The molecule has 1 unspecified atom stereocenters. The Morgan fingerprint density at radius 1 is 1.35 bits per heavy atom. The van der Waals surface area contributed by atoms with Crippen LogP contribution in [-0.4, -0.2) is 12.0 Å². The normalized spacial score (nSPS) is 18.0. The molecular weight excluding hydrogens is 264 g/mol. The molecule has 3 heteroatoms. The Balaban J connectivity index is 1.98. The van der Waals surface area contributed by atoms with Crippen LogP contribution in [0.2, 0.25) is 0 Å². The van der Waals surface area contributed by atoms with Crippen LogP contribution in [0, 0.1) is 0 Å². The highest BCUT2D eigenvalue weighted by Crippen LogP contribution is 2.39. The maximum Gasteiger partial charge on any atom is 0.101 e. The molecule has 106 valence electrons. The average molecular weight is 286 g/mol. The molecule has 0 saturated heterocycles. The predicted molar refractivity (Wildman–Crippen MR) is 85.5 cm³/mol. The first-order valence-corrected chi connectivity index (χ1v) is 8.36. The topological polar surface area (TPSA) is 24.9 Å². The molecule has 2 aromatic rings. The molecule has 20 heavy (non-hydrogen) atoms. The molecule has 0 aliphatic heterocycles. The highest BCUT2D eigenvalue weighted by Gasteiger charge is 2.25. The van der Waals surface area contributed by atoms with E-state index < -0.39 is 0 Å². The number of benzene rings is 1. The van der Waals surface area contributed by atoms with E-state index in [4.69, 9.17) is 4.98 Å². The molecule has 0 fully saturated rings. The minimum absolute atomic E-state index is 0.515. The number of nitrogens with zero attached hydrogens (tertiary/aromatic N) is 1. The minimum Gasteiger partial charge on any atom is -0.315 e. The summed E-state index contributed by atoms with van der Waals surface area (Å²) >= 11 is 1.91. The Morgan fingerprint density at radius 3 is 3.00 bits per heavy atom. The summed E-state index contributed by atoms with van der Waals surface area (Å²) in [5.74, 6) is 0.515. The van der Waals surface area contributed by atoms with Gasteiger partial charge in [0.25, 0.3) is 0 Å². The van der Waals surface area contributed by atoms with Crippen molar-refractivity contribution in [2.45, 2.75) is 45.1 Å². The van der Waals surface area contributed by atoms with E-state index in [9.17, 15) is 0 Å². The Labute approximate surface area is 125 Å². The number of hydrogen-bond acceptors (Lipinski definition) is 3.